The number of carbonyl (C=O) groups excluding carboxylic acids is 3. The van der Waals surface area contributed by atoms with Gasteiger partial charge in [0.15, 0.2) is 11.6 Å². The van der Waals surface area contributed by atoms with Crippen molar-refractivity contribution in [3.8, 4) is 0 Å². The van der Waals surface area contributed by atoms with Crippen LogP contribution in [0.25, 0.3) is 0 Å². The fourth-order valence-electron chi connectivity index (χ4n) is 2.45. The standard InChI is InChI=1S/C14H19NO4S/c1-9-3-5-10(6-4-9)15(2)13(18)14(20)12(17)7-11(16)8-19-14/h3,5,9-10,20H,4,6-8H2,1-2H3. The van der Waals surface area contributed by atoms with Crippen LogP contribution in [-0.4, -0.2) is 47.0 Å². The highest BCUT2D eigenvalue weighted by atomic mass is 32.1. The van der Waals surface area contributed by atoms with Crippen LogP contribution in [0, 0.1) is 5.92 Å². The highest BCUT2D eigenvalue weighted by Crippen LogP contribution is 2.29. The number of rotatable bonds is 2. The Morgan fingerprint density at radius 1 is 1.40 bits per heavy atom. The van der Waals surface area contributed by atoms with E-state index in [9.17, 15) is 14.4 Å². The summed E-state index contributed by atoms with van der Waals surface area (Å²) in [6, 6.07) is -0.0586. The van der Waals surface area contributed by atoms with Gasteiger partial charge in [-0.3, -0.25) is 14.4 Å². The number of thiol groups is 1. The largest absolute Gasteiger partial charge is 0.341 e. The molecule has 3 atom stereocenters. The molecule has 0 saturated carbocycles. The lowest BCUT2D eigenvalue weighted by Gasteiger charge is -2.36. The second kappa shape index (κ2) is 5.69. The van der Waals surface area contributed by atoms with Gasteiger partial charge in [0.05, 0.1) is 6.42 Å². The van der Waals surface area contributed by atoms with Gasteiger partial charge in [-0.25, -0.2) is 0 Å². The van der Waals surface area contributed by atoms with Gasteiger partial charge in [-0.05, 0) is 18.8 Å². The Hall–Kier alpha value is -1.14. The molecule has 0 spiro atoms. The van der Waals surface area contributed by atoms with Crippen molar-refractivity contribution < 1.29 is 19.1 Å². The first-order chi connectivity index (χ1) is 9.34. The van der Waals surface area contributed by atoms with Crippen molar-refractivity contribution >= 4 is 30.1 Å². The second-order valence-electron chi connectivity index (χ2n) is 5.49. The number of hydrogen-bond donors (Lipinski definition) is 1. The number of likely N-dealkylation sites (N-methyl/N-ethyl adjacent to an activating group) is 1. The first kappa shape index (κ1) is 15.3. The van der Waals surface area contributed by atoms with E-state index in [0.29, 0.717) is 5.92 Å². The van der Waals surface area contributed by atoms with E-state index >= 15 is 0 Å². The smallest absolute Gasteiger partial charge is 0.273 e. The molecule has 1 fully saturated rings. The topological polar surface area (TPSA) is 63.7 Å². The van der Waals surface area contributed by atoms with Crippen molar-refractivity contribution in [2.24, 2.45) is 5.92 Å². The fourth-order valence-corrected chi connectivity index (χ4v) is 2.75. The minimum Gasteiger partial charge on any atom is -0.341 e. The lowest BCUT2D eigenvalue weighted by Crippen LogP contribution is -2.56. The van der Waals surface area contributed by atoms with E-state index in [1.165, 1.54) is 4.90 Å². The fraction of sp³-hybridized carbons (Fsp3) is 0.643. The van der Waals surface area contributed by atoms with Gasteiger partial charge >= 0.3 is 0 Å². The molecule has 1 amide bonds. The van der Waals surface area contributed by atoms with Gasteiger partial charge in [0.2, 0.25) is 4.93 Å². The quantitative estimate of drug-likeness (QED) is 0.469. The Bertz CT molecular complexity index is 476. The van der Waals surface area contributed by atoms with Crippen LogP contribution in [0.1, 0.15) is 26.2 Å². The average molecular weight is 297 g/mol. The zero-order chi connectivity index (χ0) is 14.9. The van der Waals surface area contributed by atoms with E-state index in [4.69, 9.17) is 4.74 Å². The Balaban J connectivity index is 2.12. The van der Waals surface area contributed by atoms with E-state index in [-0.39, 0.29) is 24.9 Å². The normalized spacial score (nSPS) is 34.1. The molecule has 0 radical (unpaired) electrons. The summed E-state index contributed by atoms with van der Waals surface area (Å²) in [6.45, 7) is 1.88. The summed E-state index contributed by atoms with van der Waals surface area (Å²) in [5, 5.41) is 0. The van der Waals surface area contributed by atoms with Gasteiger partial charge in [-0.1, -0.05) is 19.1 Å². The lowest BCUT2D eigenvalue weighted by atomic mass is 9.93. The molecule has 110 valence electrons. The van der Waals surface area contributed by atoms with Crippen molar-refractivity contribution in [3.63, 3.8) is 0 Å². The minimum atomic E-state index is -1.82. The van der Waals surface area contributed by atoms with E-state index in [2.05, 4.69) is 25.6 Å². The predicted molar refractivity (Wildman–Crippen MR) is 76.4 cm³/mol. The van der Waals surface area contributed by atoms with Crippen molar-refractivity contribution in [2.45, 2.75) is 37.2 Å². The number of nitrogens with zero attached hydrogens (tertiary/aromatic N) is 1. The van der Waals surface area contributed by atoms with E-state index in [0.717, 1.165) is 12.8 Å². The molecule has 5 nitrogen and oxygen atoms in total. The van der Waals surface area contributed by atoms with Gasteiger partial charge in [0.25, 0.3) is 5.91 Å². The molecule has 0 aromatic heterocycles. The maximum atomic E-state index is 12.5. The van der Waals surface area contributed by atoms with Crippen LogP contribution in [0.15, 0.2) is 12.2 Å². The molecular weight excluding hydrogens is 278 g/mol. The first-order valence-electron chi connectivity index (χ1n) is 6.71. The van der Waals surface area contributed by atoms with Crippen LogP contribution < -0.4 is 0 Å². The molecule has 20 heavy (non-hydrogen) atoms. The average Bonchev–Trinajstić information content (AvgIpc) is 2.42. The predicted octanol–water partition coefficient (Wildman–Crippen LogP) is 0.984. The van der Waals surface area contributed by atoms with Crippen LogP contribution in [0.5, 0.6) is 0 Å². The Kier molecular flexibility index (Phi) is 4.34. The number of carbonyl (C=O) groups is 3. The van der Waals surface area contributed by atoms with E-state index < -0.39 is 16.6 Å². The molecule has 0 aromatic rings. The zero-order valence-electron chi connectivity index (χ0n) is 11.7. The van der Waals surface area contributed by atoms with Gasteiger partial charge in [-0.15, -0.1) is 12.6 Å². The van der Waals surface area contributed by atoms with Crippen molar-refractivity contribution in [2.75, 3.05) is 13.7 Å². The zero-order valence-corrected chi connectivity index (χ0v) is 12.6. The summed E-state index contributed by atoms with van der Waals surface area (Å²) in [6.07, 6.45) is 5.58. The molecular formula is C14H19NO4S. The molecule has 1 heterocycles. The molecule has 1 aliphatic heterocycles. The maximum Gasteiger partial charge on any atom is 0.273 e. The highest BCUT2D eigenvalue weighted by molar-refractivity contribution is 7.83. The van der Waals surface area contributed by atoms with Crippen LogP contribution in [-0.2, 0) is 19.1 Å². The van der Waals surface area contributed by atoms with Crippen LogP contribution >= 0.6 is 12.6 Å². The number of hydrogen-bond acceptors (Lipinski definition) is 5. The number of Topliss-reactive ketones (excluding diaryl/α,β-unsaturated/α-hetero) is 2. The van der Waals surface area contributed by atoms with Gasteiger partial charge < -0.3 is 9.64 Å². The van der Waals surface area contributed by atoms with Crippen LogP contribution in [0.3, 0.4) is 0 Å². The number of amides is 1. The Morgan fingerprint density at radius 3 is 2.65 bits per heavy atom. The summed E-state index contributed by atoms with van der Waals surface area (Å²) in [7, 11) is 1.64. The van der Waals surface area contributed by atoms with Crippen molar-refractivity contribution in [1.82, 2.24) is 4.90 Å². The second-order valence-corrected chi connectivity index (χ2v) is 6.12. The molecule has 0 N–H and O–H groups in total. The summed E-state index contributed by atoms with van der Waals surface area (Å²) in [5.41, 5.74) is 0. The summed E-state index contributed by atoms with van der Waals surface area (Å²) in [4.78, 5) is 35.2. The molecule has 1 aliphatic carbocycles. The molecule has 0 aromatic carbocycles. The monoisotopic (exact) mass is 297 g/mol. The molecule has 2 rings (SSSR count). The van der Waals surface area contributed by atoms with Gasteiger partial charge in [0, 0.05) is 13.1 Å². The SMILES string of the molecule is CC1C=CC(N(C)C(=O)C2(S)OCC(=O)CC2=O)CC1. The summed E-state index contributed by atoms with van der Waals surface area (Å²) >= 11 is 4.12. The van der Waals surface area contributed by atoms with E-state index in [1.807, 2.05) is 6.08 Å². The first-order valence-corrected chi connectivity index (χ1v) is 7.16. The summed E-state index contributed by atoms with van der Waals surface area (Å²) in [5.74, 6) is -0.893. The third-order valence-corrected chi connectivity index (χ3v) is 4.43. The molecule has 3 unspecified atom stereocenters. The molecule has 1 saturated heterocycles. The number of ether oxygens (including phenoxy) is 1. The Labute approximate surface area is 123 Å². The third-order valence-electron chi connectivity index (χ3n) is 3.86. The van der Waals surface area contributed by atoms with E-state index in [1.54, 1.807) is 7.05 Å². The summed E-state index contributed by atoms with van der Waals surface area (Å²) < 4.78 is 5.13. The molecule has 0 bridgehead atoms. The maximum absolute atomic E-state index is 12.5. The van der Waals surface area contributed by atoms with Crippen LogP contribution in [0.2, 0.25) is 0 Å². The number of allylic oxidation sites excluding steroid dienone is 1. The lowest BCUT2D eigenvalue weighted by molar-refractivity contribution is -0.162. The van der Waals surface area contributed by atoms with Crippen molar-refractivity contribution in [1.29, 1.82) is 0 Å². The minimum absolute atomic E-state index is 0.0586. The third kappa shape index (κ3) is 2.81. The molecule has 2 aliphatic rings. The number of ketones is 2. The van der Waals surface area contributed by atoms with Gasteiger partial charge in [-0.2, -0.15) is 0 Å². The molecule has 6 heteroatoms. The van der Waals surface area contributed by atoms with Crippen LogP contribution in [0.4, 0.5) is 0 Å². The highest BCUT2D eigenvalue weighted by Gasteiger charge is 2.49. The van der Waals surface area contributed by atoms with Crippen molar-refractivity contribution in [3.05, 3.63) is 12.2 Å². The Morgan fingerprint density at radius 2 is 2.10 bits per heavy atom. The van der Waals surface area contributed by atoms with Gasteiger partial charge in [0.1, 0.15) is 6.61 Å².